The first-order chi connectivity index (χ1) is 19.2. The average Bonchev–Trinajstić information content (AvgIpc) is 3.33. The van der Waals surface area contributed by atoms with Crippen molar-refractivity contribution in [3.8, 4) is 5.75 Å². The minimum atomic E-state index is -0.572. The van der Waals surface area contributed by atoms with Crippen molar-refractivity contribution in [3.63, 3.8) is 0 Å². The summed E-state index contributed by atoms with van der Waals surface area (Å²) in [6, 6.07) is 19.6. The van der Waals surface area contributed by atoms with E-state index in [2.05, 4.69) is 5.32 Å². The van der Waals surface area contributed by atoms with Crippen LogP contribution in [0, 0.1) is 10.1 Å². The third kappa shape index (κ3) is 5.48. The largest absolute Gasteiger partial charge is 0.490 e. The van der Waals surface area contributed by atoms with E-state index in [0.29, 0.717) is 29.5 Å². The molecule has 11 heteroatoms. The van der Waals surface area contributed by atoms with Crippen LogP contribution in [0.3, 0.4) is 0 Å². The third-order valence-corrected chi connectivity index (χ3v) is 6.97. The highest BCUT2D eigenvalue weighted by atomic mass is 35.5. The Morgan fingerprint density at radius 2 is 1.82 bits per heavy atom. The van der Waals surface area contributed by atoms with Gasteiger partial charge in [0.25, 0.3) is 5.69 Å². The number of ether oxygens (including phenoxy) is 1. The first-order valence-corrected chi connectivity index (χ1v) is 13.3. The number of aliphatic imine (C=N–C) groups is 1. The van der Waals surface area contributed by atoms with E-state index in [1.165, 1.54) is 17.0 Å². The van der Waals surface area contributed by atoms with Crippen molar-refractivity contribution in [1.82, 2.24) is 15.1 Å². The zero-order valence-corrected chi connectivity index (χ0v) is 22.7. The number of hydrogen-bond donors (Lipinski definition) is 1. The maximum atomic E-state index is 14.3. The van der Waals surface area contributed by atoms with E-state index < -0.39 is 23.0 Å². The second-order valence-electron chi connectivity index (χ2n) is 9.83. The predicted octanol–water partition coefficient (Wildman–Crippen LogP) is 5.13. The standard InChI is InChI=1S/C29H28ClN5O5/c1-18(2)40-24-16-22(35(38)39)12-13-23(24)28-32-26(19-8-10-21(30)11-9-19)27(20-6-4-3-5-7-20)34(28)29(37)33-15-14-31-25(36)17-33/h3-13,16,18,26-27H,14-15,17H2,1-2H3,(H,31,36). The third-order valence-electron chi connectivity index (χ3n) is 6.71. The van der Waals surface area contributed by atoms with Crippen LogP contribution in [0.2, 0.25) is 5.02 Å². The van der Waals surface area contributed by atoms with Crippen LogP contribution in [-0.4, -0.2) is 58.2 Å². The van der Waals surface area contributed by atoms with Gasteiger partial charge in [-0.1, -0.05) is 54.1 Å². The fourth-order valence-corrected chi connectivity index (χ4v) is 5.09. The van der Waals surface area contributed by atoms with Crippen molar-refractivity contribution in [2.24, 2.45) is 4.99 Å². The second-order valence-corrected chi connectivity index (χ2v) is 10.3. The van der Waals surface area contributed by atoms with Crippen LogP contribution < -0.4 is 10.1 Å². The number of amidine groups is 1. The van der Waals surface area contributed by atoms with E-state index >= 15 is 0 Å². The number of carbonyl (C=O) groups excluding carboxylic acids is 2. The lowest BCUT2D eigenvalue weighted by molar-refractivity contribution is -0.384. The van der Waals surface area contributed by atoms with Crippen LogP contribution in [0.25, 0.3) is 0 Å². The van der Waals surface area contributed by atoms with E-state index in [-0.39, 0.29) is 30.0 Å². The molecule has 3 amide bonds. The number of nitrogens with zero attached hydrogens (tertiary/aromatic N) is 4. The molecule has 206 valence electrons. The number of hydrogen-bond acceptors (Lipinski definition) is 6. The summed E-state index contributed by atoms with van der Waals surface area (Å²) in [6.07, 6.45) is -0.297. The summed E-state index contributed by atoms with van der Waals surface area (Å²) < 4.78 is 6.02. The molecule has 40 heavy (non-hydrogen) atoms. The minimum absolute atomic E-state index is 0.0919. The number of benzene rings is 3. The monoisotopic (exact) mass is 561 g/mol. The van der Waals surface area contributed by atoms with E-state index in [9.17, 15) is 19.7 Å². The van der Waals surface area contributed by atoms with Crippen molar-refractivity contribution in [2.45, 2.75) is 32.0 Å². The maximum absolute atomic E-state index is 14.3. The van der Waals surface area contributed by atoms with Crippen LogP contribution >= 0.6 is 11.6 Å². The number of carbonyl (C=O) groups is 2. The maximum Gasteiger partial charge on any atom is 0.326 e. The zero-order valence-electron chi connectivity index (χ0n) is 22.0. The molecule has 5 rings (SSSR count). The van der Waals surface area contributed by atoms with Crippen LogP contribution in [0.1, 0.15) is 42.6 Å². The van der Waals surface area contributed by atoms with E-state index in [0.717, 1.165) is 11.1 Å². The summed E-state index contributed by atoms with van der Waals surface area (Å²) in [6.45, 7) is 4.21. The lowest BCUT2D eigenvalue weighted by atomic mass is 9.93. The number of nitro groups is 1. The molecule has 2 atom stereocenters. The minimum Gasteiger partial charge on any atom is -0.490 e. The molecule has 2 aliphatic rings. The first kappa shape index (κ1) is 27.1. The molecule has 10 nitrogen and oxygen atoms in total. The Morgan fingerprint density at radius 3 is 2.48 bits per heavy atom. The summed E-state index contributed by atoms with van der Waals surface area (Å²) in [5.74, 6) is 0.290. The molecule has 0 aromatic heterocycles. The molecule has 0 aliphatic carbocycles. The molecule has 2 heterocycles. The van der Waals surface area contributed by atoms with Crippen LogP contribution in [-0.2, 0) is 4.79 Å². The van der Waals surface area contributed by atoms with Gasteiger partial charge in [-0.15, -0.1) is 0 Å². The fraction of sp³-hybridized carbons (Fsp3) is 0.276. The average molecular weight is 562 g/mol. The molecule has 1 fully saturated rings. The number of nitrogens with one attached hydrogen (secondary N) is 1. The van der Waals surface area contributed by atoms with Gasteiger partial charge < -0.3 is 15.0 Å². The number of nitro benzene ring substituents is 1. The van der Waals surface area contributed by atoms with Gasteiger partial charge in [-0.3, -0.25) is 24.8 Å². The summed E-state index contributed by atoms with van der Waals surface area (Å²) >= 11 is 6.18. The van der Waals surface area contributed by atoms with Crippen molar-refractivity contribution < 1.29 is 19.2 Å². The highest BCUT2D eigenvalue weighted by molar-refractivity contribution is 6.30. The Balaban J connectivity index is 1.71. The Labute approximate surface area is 236 Å². The number of non-ortho nitro benzene ring substituents is 1. The molecule has 0 bridgehead atoms. The molecule has 3 aromatic rings. The topological polar surface area (TPSA) is 117 Å². The van der Waals surface area contributed by atoms with Crippen molar-refractivity contribution in [2.75, 3.05) is 19.6 Å². The van der Waals surface area contributed by atoms with E-state index in [1.54, 1.807) is 23.1 Å². The lowest BCUT2D eigenvalue weighted by Gasteiger charge is -2.35. The number of urea groups is 1. The van der Waals surface area contributed by atoms with Gasteiger partial charge in [0.05, 0.1) is 28.7 Å². The molecule has 2 aliphatic heterocycles. The molecular formula is C29H28ClN5O5. The molecule has 1 N–H and O–H groups in total. The van der Waals surface area contributed by atoms with Gasteiger partial charge in [0.2, 0.25) is 5.91 Å². The Kier molecular flexibility index (Phi) is 7.70. The molecule has 0 saturated carbocycles. The highest BCUT2D eigenvalue weighted by Gasteiger charge is 2.45. The number of halogens is 1. The normalized spacial score (nSPS) is 18.9. The smallest absolute Gasteiger partial charge is 0.326 e. The summed E-state index contributed by atoms with van der Waals surface area (Å²) in [7, 11) is 0. The highest BCUT2D eigenvalue weighted by Crippen LogP contribution is 2.45. The molecule has 1 saturated heterocycles. The van der Waals surface area contributed by atoms with E-state index in [4.69, 9.17) is 21.3 Å². The van der Waals surface area contributed by atoms with Gasteiger partial charge >= 0.3 is 6.03 Å². The molecule has 3 aromatic carbocycles. The Morgan fingerprint density at radius 1 is 1.10 bits per heavy atom. The fourth-order valence-electron chi connectivity index (χ4n) is 4.96. The Bertz CT molecular complexity index is 1460. The van der Waals surface area contributed by atoms with Gasteiger partial charge in [0.1, 0.15) is 24.2 Å². The predicted molar refractivity (Wildman–Crippen MR) is 151 cm³/mol. The summed E-state index contributed by atoms with van der Waals surface area (Å²) in [4.78, 5) is 45.8. The summed E-state index contributed by atoms with van der Waals surface area (Å²) in [5.41, 5.74) is 1.96. The van der Waals surface area contributed by atoms with Gasteiger partial charge in [0.15, 0.2) is 0 Å². The zero-order chi connectivity index (χ0) is 28.4. The van der Waals surface area contributed by atoms with Gasteiger partial charge in [-0.2, -0.15) is 0 Å². The van der Waals surface area contributed by atoms with Gasteiger partial charge in [-0.05, 0) is 43.2 Å². The van der Waals surface area contributed by atoms with Gasteiger partial charge in [-0.25, -0.2) is 4.79 Å². The van der Waals surface area contributed by atoms with Crippen molar-refractivity contribution in [1.29, 1.82) is 0 Å². The van der Waals surface area contributed by atoms with Crippen molar-refractivity contribution >= 4 is 35.1 Å². The molecule has 2 unspecified atom stereocenters. The van der Waals surface area contributed by atoms with E-state index in [1.807, 2.05) is 56.3 Å². The number of amides is 3. The van der Waals surface area contributed by atoms with Gasteiger partial charge in [0, 0.05) is 24.2 Å². The van der Waals surface area contributed by atoms with Crippen molar-refractivity contribution in [3.05, 3.63) is 105 Å². The number of rotatable bonds is 6. The second kappa shape index (κ2) is 11.4. The summed E-state index contributed by atoms with van der Waals surface area (Å²) in [5, 5.41) is 14.9. The quantitative estimate of drug-likeness (QED) is 0.330. The van der Waals surface area contributed by atoms with Crippen LogP contribution in [0.5, 0.6) is 5.75 Å². The van der Waals surface area contributed by atoms with Crippen LogP contribution in [0.15, 0.2) is 77.8 Å². The lowest BCUT2D eigenvalue weighted by Crippen LogP contribution is -2.55. The molecular weight excluding hydrogens is 534 g/mol. The van der Waals surface area contributed by atoms with Crippen LogP contribution in [0.4, 0.5) is 10.5 Å². The molecule has 0 radical (unpaired) electrons. The first-order valence-electron chi connectivity index (χ1n) is 12.9. The SMILES string of the molecule is CC(C)Oc1cc([N+](=O)[O-])ccc1C1=NC(c2ccc(Cl)cc2)C(c2ccccc2)N1C(=O)N1CCNC(=O)C1. The molecule has 0 spiro atoms. The number of piperazine rings is 1. The Hall–Kier alpha value is -4.44.